The molecule has 0 radical (unpaired) electrons. The fourth-order valence-corrected chi connectivity index (χ4v) is 2.37. The van der Waals surface area contributed by atoms with Gasteiger partial charge in [-0.1, -0.05) is 6.07 Å². The van der Waals surface area contributed by atoms with Crippen molar-refractivity contribution in [2.24, 2.45) is 5.92 Å². The molecule has 0 atom stereocenters. The zero-order valence-electron chi connectivity index (χ0n) is 12.3. The Morgan fingerprint density at radius 2 is 2.10 bits per heavy atom. The van der Waals surface area contributed by atoms with Crippen LogP contribution in [0.4, 0.5) is 4.79 Å². The van der Waals surface area contributed by atoms with Crippen molar-refractivity contribution in [1.82, 2.24) is 9.88 Å². The second-order valence-corrected chi connectivity index (χ2v) is 6.37. The monoisotopic (exact) mass is 278 g/mol. The topological polar surface area (TPSA) is 60.3 Å². The summed E-state index contributed by atoms with van der Waals surface area (Å²) in [5, 5.41) is 2.85. The van der Waals surface area contributed by atoms with Gasteiger partial charge in [0.05, 0.1) is 0 Å². The van der Waals surface area contributed by atoms with Gasteiger partial charge in [0.15, 0.2) is 0 Å². The van der Waals surface area contributed by atoms with Crippen molar-refractivity contribution in [2.45, 2.75) is 51.8 Å². The average Bonchev–Trinajstić information content (AvgIpc) is 2.26. The lowest BCUT2D eigenvalue weighted by atomic mass is 9.80. The number of aromatic nitrogens is 1. The van der Waals surface area contributed by atoms with E-state index in [4.69, 9.17) is 4.74 Å². The van der Waals surface area contributed by atoms with Crippen molar-refractivity contribution in [3.8, 4) is 0 Å². The molecular weight excluding hydrogens is 256 g/mol. The molecule has 1 aliphatic rings. The molecule has 0 bridgehead atoms. The summed E-state index contributed by atoms with van der Waals surface area (Å²) in [6, 6.07) is 5.33. The van der Waals surface area contributed by atoms with Crippen LogP contribution in [0.25, 0.3) is 0 Å². The van der Waals surface area contributed by atoms with Crippen molar-refractivity contribution in [3.63, 3.8) is 0 Å². The first-order chi connectivity index (χ1) is 9.33. The van der Waals surface area contributed by atoms with E-state index < -0.39 is 5.60 Å². The Bertz CT molecular complexity index is 524. The Hall–Kier alpha value is -1.78. The molecule has 20 heavy (non-hydrogen) atoms. The van der Waals surface area contributed by atoms with Crippen molar-refractivity contribution < 1.29 is 9.53 Å². The van der Waals surface area contributed by atoms with Crippen LogP contribution in [-0.4, -0.2) is 22.3 Å². The second-order valence-electron chi connectivity index (χ2n) is 6.37. The van der Waals surface area contributed by atoms with Crippen molar-refractivity contribution in [1.29, 1.82) is 0 Å². The number of hydrogen-bond acceptors (Lipinski definition) is 3. The highest BCUT2D eigenvalue weighted by Gasteiger charge is 2.31. The van der Waals surface area contributed by atoms with Crippen molar-refractivity contribution in [2.75, 3.05) is 0 Å². The van der Waals surface area contributed by atoms with Crippen LogP contribution in [0.3, 0.4) is 0 Å². The van der Waals surface area contributed by atoms with Crippen LogP contribution >= 0.6 is 0 Å². The Morgan fingerprint density at radius 3 is 2.70 bits per heavy atom. The molecule has 0 spiro atoms. The van der Waals surface area contributed by atoms with E-state index in [0.717, 1.165) is 12.8 Å². The van der Waals surface area contributed by atoms with E-state index in [2.05, 4.69) is 5.32 Å². The van der Waals surface area contributed by atoms with E-state index in [9.17, 15) is 9.59 Å². The molecular formula is C15H22N2O3. The number of alkyl carbamates (subject to hydrolysis) is 1. The van der Waals surface area contributed by atoms with Gasteiger partial charge in [-0.15, -0.1) is 0 Å². The Morgan fingerprint density at radius 1 is 1.40 bits per heavy atom. The highest BCUT2D eigenvalue weighted by molar-refractivity contribution is 5.68. The Labute approximate surface area is 118 Å². The normalized spacial score (nSPS) is 21.9. The number of carbonyl (C=O) groups is 1. The van der Waals surface area contributed by atoms with Crippen LogP contribution in [0.2, 0.25) is 0 Å². The molecule has 5 nitrogen and oxygen atoms in total. The van der Waals surface area contributed by atoms with Crippen LogP contribution in [0, 0.1) is 5.92 Å². The minimum Gasteiger partial charge on any atom is -0.444 e. The molecule has 1 N–H and O–H groups in total. The maximum atomic E-state index is 11.6. The van der Waals surface area contributed by atoms with Gasteiger partial charge < -0.3 is 14.6 Å². The van der Waals surface area contributed by atoms with Gasteiger partial charge >= 0.3 is 6.09 Å². The van der Waals surface area contributed by atoms with Crippen LogP contribution < -0.4 is 10.9 Å². The molecule has 2 rings (SSSR count). The van der Waals surface area contributed by atoms with E-state index in [0.29, 0.717) is 12.5 Å². The summed E-state index contributed by atoms with van der Waals surface area (Å²) in [5.41, 5.74) is -0.444. The predicted molar refractivity (Wildman–Crippen MR) is 76.6 cm³/mol. The molecule has 0 aromatic carbocycles. The third-order valence-corrected chi connectivity index (χ3v) is 3.31. The molecule has 5 heteroatoms. The lowest BCUT2D eigenvalue weighted by molar-refractivity contribution is 0.0446. The van der Waals surface area contributed by atoms with E-state index in [1.807, 2.05) is 26.8 Å². The number of hydrogen-bond donors (Lipinski definition) is 1. The summed E-state index contributed by atoms with van der Waals surface area (Å²) < 4.78 is 6.93. The van der Waals surface area contributed by atoms with Gasteiger partial charge in [-0.25, -0.2) is 4.79 Å². The van der Waals surface area contributed by atoms with Gasteiger partial charge in [-0.3, -0.25) is 4.79 Å². The Balaban J connectivity index is 1.74. The molecule has 0 saturated heterocycles. The highest BCUT2D eigenvalue weighted by atomic mass is 16.6. The molecule has 1 amide bonds. The van der Waals surface area contributed by atoms with Gasteiger partial charge in [0, 0.05) is 24.8 Å². The zero-order valence-corrected chi connectivity index (χ0v) is 12.3. The van der Waals surface area contributed by atoms with Gasteiger partial charge in [0.1, 0.15) is 5.60 Å². The second kappa shape index (κ2) is 5.69. The molecule has 1 aromatic heterocycles. The minimum atomic E-state index is -0.468. The van der Waals surface area contributed by atoms with Crippen LogP contribution in [0.15, 0.2) is 29.2 Å². The fourth-order valence-electron chi connectivity index (χ4n) is 2.37. The number of pyridine rings is 1. The van der Waals surface area contributed by atoms with E-state index >= 15 is 0 Å². The fraction of sp³-hybridized carbons (Fsp3) is 0.600. The van der Waals surface area contributed by atoms with Crippen molar-refractivity contribution >= 4 is 6.09 Å². The van der Waals surface area contributed by atoms with Crippen molar-refractivity contribution in [3.05, 3.63) is 34.7 Å². The zero-order chi connectivity index (χ0) is 14.8. The van der Waals surface area contributed by atoms with E-state index in [-0.39, 0.29) is 17.7 Å². The number of rotatable bonds is 3. The van der Waals surface area contributed by atoms with Gasteiger partial charge in [-0.2, -0.15) is 0 Å². The standard InChI is InChI=1S/C15H22N2O3/c1-15(2,3)20-14(19)16-12-8-11(9-12)10-17-7-5-4-6-13(17)18/h4-7,11-12H,8-10H2,1-3H3,(H,16,19). The Kier molecular flexibility index (Phi) is 4.16. The number of ether oxygens (including phenoxy) is 1. The SMILES string of the molecule is CC(C)(C)OC(=O)NC1CC(Cn2ccccc2=O)C1. The van der Waals surface area contributed by atoms with Crippen LogP contribution in [-0.2, 0) is 11.3 Å². The summed E-state index contributed by atoms with van der Waals surface area (Å²) in [6.07, 6.45) is 3.22. The van der Waals surface area contributed by atoms with Gasteiger partial charge in [0.25, 0.3) is 5.56 Å². The third-order valence-electron chi connectivity index (χ3n) is 3.31. The molecule has 1 heterocycles. The summed E-state index contributed by atoms with van der Waals surface area (Å²) in [7, 11) is 0. The highest BCUT2D eigenvalue weighted by Crippen LogP contribution is 2.28. The predicted octanol–water partition coefficient (Wildman–Crippen LogP) is 2.15. The first-order valence-corrected chi connectivity index (χ1v) is 6.98. The number of nitrogens with one attached hydrogen (secondary N) is 1. The maximum absolute atomic E-state index is 11.6. The largest absolute Gasteiger partial charge is 0.444 e. The summed E-state index contributed by atoms with van der Waals surface area (Å²) in [6.45, 7) is 6.25. The summed E-state index contributed by atoms with van der Waals surface area (Å²) >= 11 is 0. The number of nitrogens with zero attached hydrogens (tertiary/aromatic N) is 1. The first-order valence-electron chi connectivity index (χ1n) is 6.98. The molecule has 1 aromatic rings. The van der Waals surface area contributed by atoms with Gasteiger partial charge in [-0.05, 0) is 45.6 Å². The molecule has 110 valence electrons. The quantitative estimate of drug-likeness (QED) is 0.921. The third kappa shape index (κ3) is 4.11. The molecule has 0 aliphatic heterocycles. The molecule has 1 aliphatic carbocycles. The lowest BCUT2D eigenvalue weighted by Crippen LogP contribution is -2.47. The van der Waals surface area contributed by atoms with E-state index in [1.165, 1.54) is 0 Å². The first kappa shape index (κ1) is 14.6. The molecule has 1 fully saturated rings. The lowest BCUT2D eigenvalue weighted by Gasteiger charge is -2.36. The summed E-state index contributed by atoms with van der Waals surface area (Å²) in [4.78, 5) is 23.2. The number of carbonyl (C=O) groups excluding carboxylic acids is 1. The van der Waals surface area contributed by atoms with Gasteiger partial charge in [0.2, 0.25) is 0 Å². The average molecular weight is 278 g/mol. The number of amides is 1. The maximum Gasteiger partial charge on any atom is 0.407 e. The van der Waals surface area contributed by atoms with Crippen LogP contribution in [0.5, 0.6) is 0 Å². The molecule has 1 saturated carbocycles. The van der Waals surface area contributed by atoms with E-state index in [1.54, 1.807) is 22.9 Å². The van der Waals surface area contributed by atoms with Crippen LogP contribution in [0.1, 0.15) is 33.6 Å². The molecule has 0 unspecified atom stereocenters. The summed E-state index contributed by atoms with van der Waals surface area (Å²) in [5.74, 6) is 0.440. The minimum absolute atomic E-state index is 0.0241. The smallest absolute Gasteiger partial charge is 0.407 e.